The number of methoxy groups -OCH3 is 1. The van der Waals surface area contributed by atoms with Gasteiger partial charge in [0.2, 0.25) is 5.91 Å². The Hall–Kier alpha value is -1.92. The van der Waals surface area contributed by atoms with E-state index < -0.39 is 12.0 Å². The predicted molar refractivity (Wildman–Crippen MR) is 67.8 cm³/mol. The van der Waals surface area contributed by atoms with Gasteiger partial charge in [0.05, 0.1) is 6.42 Å². The largest absolute Gasteiger partial charge is 0.370 e. The highest BCUT2D eigenvalue weighted by Crippen LogP contribution is 2.10. The normalized spacial score (nSPS) is 11.9. The van der Waals surface area contributed by atoms with Crippen molar-refractivity contribution >= 4 is 17.5 Å². The lowest BCUT2D eigenvalue weighted by Gasteiger charge is -2.13. The average Bonchev–Trinajstić information content (AvgIpc) is 2.32. The summed E-state index contributed by atoms with van der Waals surface area (Å²) in [6, 6.07) is 6.84. The number of benzene rings is 1. The van der Waals surface area contributed by atoms with Gasteiger partial charge in [0.15, 0.2) is 0 Å². The van der Waals surface area contributed by atoms with Gasteiger partial charge in [-0.3, -0.25) is 9.59 Å². The number of nitrogens with one attached hydrogen (secondary N) is 1. The van der Waals surface area contributed by atoms with Crippen LogP contribution in [0.25, 0.3) is 0 Å². The molecule has 0 aliphatic rings. The summed E-state index contributed by atoms with van der Waals surface area (Å²) in [5.41, 5.74) is 11.9. The maximum atomic E-state index is 11.6. The van der Waals surface area contributed by atoms with Crippen molar-refractivity contribution in [3.05, 3.63) is 29.8 Å². The van der Waals surface area contributed by atoms with Crippen LogP contribution in [0.15, 0.2) is 24.3 Å². The molecule has 1 aromatic carbocycles. The molecule has 0 aromatic heterocycles. The predicted octanol–water partition coefficient (Wildman–Crippen LogP) is -0.373. The van der Waals surface area contributed by atoms with Crippen LogP contribution >= 0.6 is 0 Å². The van der Waals surface area contributed by atoms with E-state index in [-0.39, 0.29) is 18.9 Å². The van der Waals surface area contributed by atoms with Crippen LogP contribution in [0.2, 0.25) is 0 Å². The molecule has 98 valence electrons. The van der Waals surface area contributed by atoms with Crippen LogP contribution in [0.1, 0.15) is 5.56 Å². The summed E-state index contributed by atoms with van der Waals surface area (Å²) in [4.78, 5) is 22.4. The van der Waals surface area contributed by atoms with E-state index >= 15 is 0 Å². The van der Waals surface area contributed by atoms with Crippen molar-refractivity contribution in [3.8, 4) is 0 Å². The molecule has 0 spiro atoms. The molecule has 1 atom stereocenters. The Balaban J connectivity index is 2.63. The van der Waals surface area contributed by atoms with Crippen LogP contribution in [0, 0.1) is 0 Å². The number of carbonyl (C=O) groups excluding carboxylic acids is 2. The zero-order valence-corrected chi connectivity index (χ0v) is 10.2. The molecule has 1 aromatic rings. The first kappa shape index (κ1) is 14.1. The second-order valence-electron chi connectivity index (χ2n) is 3.79. The third-order valence-corrected chi connectivity index (χ3v) is 2.39. The van der Waals surface area contributed by atoms with Gasteiger partial charge in [0.1, 0.15) is 6.10 Å². The first-order valence-corrected chi connectivity index (χ1v) is 5.47. The van der Waals surface area contributed by atoms with Crippen molar-refractivity contribution in [3.63, 3.8) is 0 Å². The molecule has 1 rings (SSSR count). The number of anilines is 1. The molecule has 18 heavy (non-hydrogen) atoms. The Bertz CT molecular complexity index is 413. The van der Waals surface area contributed by atoms with E-state index in [4.69, 9.17) is 16.2 Å². The minimum absolute atomic E-state index is 0.113. The number of hydrogen-bond acceptors (Lipinski definition) is 4. The van der Waals surface area contributed by atoms with Gasteiger partial charge in [-0.1, -0.05) is 12.1 Å². The maximum Gasteiger partial charge on any atom is 0.254 e. The van der Waals surface area contributed by atoms with Gasteiger partial charge in [0, 0.05) is 19.3 Å². The third kappa shape index (κ3) is 4.15. The lowest BCUT2D eigenvalue weighted by atomic mass is 10.1. The number of rotatable bonds is 6. The highest BCUT2D eigenvalue weighted by molar-refractivity contribution is 5.94. The molecule has 6 heteroatoms. The molecular weight excluding hydrogens is 234 g/mol. The summed E-state index contributed by atoms with van der Waals surface area (Å²) in [5.74, 6) is -0.697. The van der Waals surface area contributed by atoms with Crippen LogP contribution in [0.4, 0.5) is 5.69 Å². The molecular formula is C12H17N3O3. The molecule has 0 saturated carbocycles. The summed E-state index contributed by atoms with van der Waals surface area (Å²) >= 11 is 0. The van der Waals surface area contributed by atoms with E-state index in [0.717, 1.165) is 5.56 Å². The van der Waals surface area contributed by atoms with E-state index in [1.54, 1.807) is 24.3 Å². The van der Waals surface area contributed by atoms with Crippen molar-refractivity contribution in [1.82, 2.24) is 0 Å². The summed E-state index contributed by atoms with van der Waals surface area (Å²) in [5, 5.41) is 2.66. The summed E-state index contributed by atoms with van der Waals surface area (Å²) < 4.78 is 4.91. The second kappa shape index (κ2) is 6.73. The van der Waals surface area contributed by atoms with E-state index in [1.807, 2.05) is 0 Å². The molecule has 0 saturated heterocycles. The quantitative estimate of drug-likeness (QED) is 0.641. The number of primary amides is 1. The third-order valence-electron chi connectivity index (χ3n) is 2.39. The van der Waals surface area contributed by atoms with Gasteiger partial charge >= 0.3 is 0 Å². The molecule has 6 nitrogen and oxygen atoms in total. The topological polar surface area (TPSA) is 107 Å². The van der Waals surface area contributed by atoms with Crippen molar-refractivity contribution in [2.24, 2.45) is 11.5 Å². The number of ether oxygens (including phenoxy) is 1. The lowest BCUT2D eigenvalue weighted by Crippen LogP contribution is -2.35. The number of amides is 2. The van der Waals surface area contributed by atoms with Crippen LogP contribution in [-0.4, -0.2) is 31.6 Å². The first-order chi connectivity index (χ1) is 8.56. The number of hydrogen-bond donors (Lipinski definition) is 3. The average molecular weight is 251 g/mol. The van der Waals surface area contributed by atoms with Gasteiger partial charge in [-0.25, -0.2) is 0 Å². The molecule has 0 fully saturated rings. The molecule has 2 amide bonds. The SMILES string of the molecule is COC(CN)C(=O)Nc1ccc(CC(N)=O)cc1. The maximum absolute atomic E-state index is 11.6. The fourth-order valence-corrected chi connectivity index (χ4v) is 1.44. The zero-order chi connectivity index (χ0) is 13.5. The highest BCUT2D eigenvalue weighted by Gasteiger charge is 2.15. The standard InChI is InChI=1S/C12H17N3O3/c1-18-10(7-13)12(17)15-9-4-2-8(3-5-9)6-11(14)16/h2-5,10H,6-7,13H2,1H3,(H2,14,16)(H,15,17). The smallest absolute Gasteiger partial charge is 0.254 e. The van der Waals surface area contributed by atoms with E-state index in [9.17, 15) is 9.59 Å². The van der Waals surface area contributed by atoms with E-state index in [2.05, 4.69) is 5.32 Å². The van der Waals surface area contributed by atoms with Crippen molar-refractivity contribution in [1.29, 1.82) is 0 Å². The molecule has 0 bridgehead atoms. The molecule has 0 aliphatic carbocycles. The minimum Gasteiger partial charge on any atom is -0.370 e. The molecule has 1 unspecified atom stereocenters. The van der Waals surface area contributed by atoms with E-state index in [0.29, 0.717) is 5.69 Å². The van der Waals surface area contributed by atoms with Gasteiger partial charge in [0.25, 0.3) is 5.91 Å². The summed E-state index contributed by atoms with van der Waals surface area (Å²) in [6.07, 6.45) is -0.493. The van der Waals surface area contributed by atoms with Crippen LogP contribution in [-0.2, 0) is 20.7 Å². The van der Waals surface area contributed by atoms with E-state index in [1.165, 1.54) is 7.11 Å². The number of nitrogens with two attached hydrogens (primary N) is 2. The van der Waals surface area contributed by atoms with Gasteiger partial charge < -0.3 is 21.5 Å². The first-order valence-electron chi connectivity index (χ1n) is 5.47. The van der Waals surface area contributed by atoms with Crippen molar-refractivity contribution in [2.75, 3.05) is 19.0 Å². The van der Waals surface area contributed by atoms with Gasteiger partial charge in [-0.15, -0.1) is 0 Å². The molecule has 0 aliphatic heterocycles. The molecule has 5 N–H and O–H groups in total. The fraction of sp³-hybridized carbons (Fsp3) is 0.333. The Morgan fingerprint density at radius 3 is 2.39 bits per heavy atom. The van der Waals surface area contributed by atoms with Crippen LogP contribution < -0.4 is 16.8 Å². The fourth-order valence-electron chi connectivity index (χ4n) is 1.44. The van der Waals surface area contributed by atoms with Crippen molar-refractivity contribution < 1.29 is 14.3 Å². The monoisotopic (exact) mass is 251 g/mol. The molecule has 0 heterocycles. The summed E-state index contributed by atoms with van der Waals surface area (Å²) in [6.45, 7) is 0.113. The Morgan fingerprint density at radius 2 is 1.94 bits per heavy atom. The second-order valence-corrected chi connectivity index (χ2v) is 3.79. The van der Waals surface area contributed by atoms with Crippen LogP contribution in [0.3, 0.4) is 0 Å². The lowest BCUT2D eigenvalue weighted by molar-refractivity contribution is -0.125. The Morgan fingerprint density at radius 1 is 1.33 bits per heavy atom. The number of carbonyl (C=O) groups is 2. The van der Waals surface area contributed by atoms with Crippen LogP contribution in [0.5, 0.6) is 0 Å². The van der Waals surface area contributed by atoms with Gasteiger partial charge in [-0.05, 0) is 17.7 Å². The Labute approximate surface area is 105 Å². The summed E-state index contributed by atoms with van der Waals surface area (Å²) in [7, 11) is 1.42. The minimum atomic E-state index is -0.671. The van der Waals surface area contributed by atoms with Gasteiger partial charge in [-0.2, -0.15) is 0 Å². The Kier molecular flexibility index (Phi) is 5.29. The van der Waals surface area contributed by atoms with Crippen molar-refractivity contribution in [2.45, 2.75) is 12.5 Å². The highest BCUT2D eigenvalue weighted by atomic mass is 16.5. The molecule has 0 radical (unpaired) electrons. The zero-order valence-electron chi connectivity index (χ0n) is 10.2.